The zero-order valence-electron chi connectivity index (χ0n) is 9.62. The Balaban J connectivity index is 2.08. The molecular weight excluding hydrogens is 194 g/mol. The molecule has 1 heterocycles. The van der Waals surface area contributed by atoms with E-state index in [2.05, 4.69) is 19.2 Å². The van der Waals surface area contributed by atoms with Crippen molar-refractivity contribution in [3.05, 3.63) is 0 Å². The Kier molecular flexibility index (Phi) is 5.65. The van der Waals surface area contributed by atoms with Crippen molar-refractivity contribution in [2.75, 3.05) is 26.4 Å². The zero-order valence-corrected chi connectivity index (χ0v) is 9.62. The summed E-state index contributed by atoms with van der Waals surface area (Å²) >= 11 is 0. The van der Waals surface area contributed by atoms with E-state index in [1.54, 1.807) is 0 Å². The molecule has 2 atom stereocenters. The van der Waals surface area contributed by atoms with Gasteiger partial charge in [-0.3, -0.25) is 4.79 Å². The largest absolute Gasteiger partial charge is 0.462 e. The van der Waals surface area contributed by atoms with Crippen molar-refractivity contribution < 1.29 is 14.3 Å². The van der Waals surface area contributed by atoms with Gasteiger partial charge in [0.05, 0.1) is 6.61 Å². The number of hydrogen-bond acceptors (Lipinski definition) is 4. The van der Waals surface area contributed by atoms with E-state index in [0.29, 0.717) is 19.1 Å². The van der Waals surface area contributed by atoms with Gasteiger partial charge >= 0.3 is 5.97 Å². The van der Waals surface area contributed by atoms with Crippen LogP contribution in [0.3, 0.4) is 0 Å². The monoisotopic (exact) mass is 215 g/mol. The predicted octanol–water partition coefficient (Wildman–Crippen LogP) is 0.954. The van der Waals surface area contributed by atoms with Gasteiger partial charge in [0.2, 0.25) is 0 Å². The van der Waals surface area contributed by atoms with Crippen molar-refractivity contribution >= 4 is 5.97 Å². The van der Waals surface area contributed by atoms with Crippen molar-refractivity contribution in [3.8, 4) is 0 Å². The Bertz CT molecular complexity index is 196. The molecule has 0 aromatic carbocycles. The van der Waals surface area contributed by atoms with E-state index < -0.39 is 0 Å². The van der Waals surface area contributed by atoms with Gasteiger partial charge in [0, 0.05) is 6.61 Å². The molecule has 88 valence electrons. The molecule has 2 unspecified atom stereocenters. The van der Waals surface area contributed by atoms with Crippen LogP contribution in [0.4, 0.5) is 0 Å². The second kappa shape index (κ2) is 6.80. The Morgan fingerprint density at radius 2 is 2.20 bits per heavy atom. The van der Waals surface area contributed by atoms with Gasteiger partial charge in [-0.1, -0.05) is 13.8 Å². The first-order valence-electron chi connectivity index (χ1n) is 5.73. The summed E-state index contributed by atoms with van der Waals surface area (Å²) in [6.45, 7) is 6.63. The summed E-state index contributed by atoms with van der Waals surface area (Å²) in [7, 11) is 0. The quantitative estimate of drug-likeness (QED) is 0.529. The Labute approximate surface area is 91.3 Å². The number of carbonyl (C=O) groups excluding carboxylic acids is 1. The van der Waals surface area contributed by atoms with Gasteiger partial charge in [-0.2, -0.15) is 0 Å². The molecule has 0 bridgehead atoms. The third-order valence-corrected chi connectivity index (χ3v) is 2.61. The molecule has 1 N–H and O–H groups in total. The molecule has 1 aliphatic rings. The van der Waals surface area contributed by atoms with Gasteiger partial charge in [-0.15, -0.1) is 0 Å². The Morgan fingerprint density at radius 3 is 2.80 bits per heavy atom. The number of rotatable bonds is 6. The molecule has 15 heavy (non-hydrogen) atoms. The molecule has 4 nitrogen and oxygen atoms in total. The van der Waals surface area contributed by atoms with Gasteiger partial charge in [-0.05, 0) is 25.3 Å². The lowest BCUT2D eigenvalue weighted by molar-refractivity contribution is -0.148. The topological polar surface area (TPSA) is 47.6 Å². The van der Waals surface area contributed by atoms with E-state index in [0.717, 1.165) is 26.0 Å². The lowest BCUT2D eigenvalue weighted by Gasteiger charge is -2.14. The van der Waals surface area contributed by atoms with Crippen molar-refractivity contribution in [2.24, 2.45) is 5.92 Å². The molecule has 0 radical (unpaired) electrons. The number of nitrogens with one attached hydrogen (secondary N) is 1. The molecule has 1 rings (SSSR count). The second-order valence-electron chi connectivity index (χ2n) is 3.98. The average molecular weight is 215 g/mol. The number of esters is 1. The van der Waals surface area contributed by atoms with Crippen LogP contribution in [0.15, 0.2) is 0 Å². The molecule has 0 aromatic rings. The van der Waals surface area contributed by atoms with E-state index in [4.69, 9.17) is 9.47 Å². The summed E-state index contributed by atoms with van der Waals surface area (Å²) in [6, 6.07) is -0.115. The molecule has 1 saturated heterocycles. The summed E-state index contributed by atoms with van der Waals surface area (Å²) in [5, 5.41) is 3.14. The van der Waals surface area contributed by atoms with E-state index in [9.17, 15) is 4.79 Å². The second-order valence-corrected chi connectivity index (χ2v) is 3.98. The van der Waals surface area contributed by atoms with Crippen LogP contribution < -0.4 is 5.32 Å². The molecule has 0 saturated carbocycles. The maximum atomic E-state index is 11.5. The van der Waals surface area contributed by atoms with E-state index in [1.165, 1.54) is 0 Å². The van der Waals surface area contributed by atoms with Crippen molar-refractivity contribution in [3.63, 3.8) is 0 Å². The van der Waals surface area contributed by atoms with Crippen LogP contribution in [0.1, 0.15) is 26.7 Å². The van der Waals surface area contributed by atoms with Crippen LogP contribution in [0, 0.1) is 5.92 Å². The van der Waals surface area contributed by atoms with E-state index >= 15 is 0 Å². The minimum atomic E-state index is -0.139. The summed E-state index contributed by atoms with van der Waals surface area (Å²) in [5.74, 6) is 0.245. The molecule has 0 aliphatic carbocycles. The van der Waals surface area contributed by atoms with Crippen LogP contribution in [-0.2, 0) is 14.3 Å². The van der Waals surface area contributed by atoms with Crippen molar-refractivity contribution in [1.29, 1.82) is 0 Å². The van der Waals surface area contributed by atoms with E-state index in [1.807, 2.05) is 0 Å². The van der Waals surface area contributed by atoms with Crippen LogP contribution >= 0.6 is 0 Å². The van der Waals surface area contributed by atoms with Gasteiger partial charge < -0.3 is 14.8 Å². The van der Waals surface area contributed by atoms with Gasteiger partial charge in [-0.25, -0.2) is 0 Å². The van der Waals surface area contributed by atoms with Crippen LogP contribution in [0.5, 0.6) is 0 Å². The summed E-state index contributed by atoms with van der Waals surface area (Å²) in [5.41, 5.74) is 0. The van der Waals surface area contributed by atoms with Crippen molar-refractivity contribution in [2.45, 2.75) is 32.7 Å². The molecule has 4 heteroatoms. The molecule has 1 aliphatic heterocycles. The van der Waals surface area contributed by atoms with Crippen LogP contribution in [0.25, 0.3) is 0 Å². The number of ether oxygens (including phenoxy) is 2. The van der Waals surface area contributed by atoms with Gasteiger partial charge in [0.15, 0.2) is 0 Å². The van der Waals surface area contributed by atoms with Crippen molar-refractivity contribution in [1.82, 2.24) is 5.32 Å². The number of hydrogen-bond donors (Lipinski definition) is 1. The molecular formula is C11H21NO3. The molecule has 0 amide bonds. The minimum absolute atomic E-state index is 0.115. The summed E-state index contributed by atoms with van der Waals surface area (Å²) in [4.78, 5) is 11.5. The summed E-state index contributed by atoms with van der Waals surface area (Å²) < 4.78 is 10.3. The first kappa shape index (κ1) is 12.5. The van der Waals surface area contributed by atoms with Gasteiger partial charge in [0.25, 0.3) is 0 Å². The van der Waals surface area contributed by atoms with Crippen LogP contribution in [0.2, 0.25) is 0 Å². The smallest absolute Gasteiger partial charge is 0.323 e. The fraction of sp³-hybridized carbons (Fsp3) is 0.909. The van der Waals surface area contributed by atoms with Crippen LogP contribution in [-0.4, -0.2) is 38.4 Å². The fourth-order valence-corrected chi connectivity index (χ4v) is 1.69. The third kappa shape index (κ3) is 4.18. The molecule has 1 fully saturated rings. The summed E-state index contributed by atoms with van der Waals surface area (Å²) in [6.07, 6.45) is 2.04. The molecule has 0 spiro atoms. The molecule has 0 aromatic heterocycles. The lowest BCUT2D eigenvalue weighted by atomic mass is 10.0. The highest BCUT2D eigenvalue weighted by Gasteiger charge is 2.30. The maximum absolute atomic E-state index is 11.5. The Morgan fingerprint density at radius 1 is 1.40 bits per heavy atom. The predicted molar refractivity (Wildman–Crippen MR) is 57.6 cm³/mol. The number of carbonyl (C=O) groups is 1. The standard InChI is InChI=1S/C11H21NO3/c1-3-6-14-7-8-15-11(13)10-9(2)4-5-12-10/h9-10,12H,3-8H2,1-2H3. The first-order chi connectivity index (χ1) is 7.25. The highest BCUT2D eigenvalue weighted by Crippen LogP contribution is 2.15. The lowest BCUT2D eigenvalue weighted by Crippen LogP contribution is -2.36. The average Bonchev–Trinajstić information content (AvgIpc) is 2.64. The van der Waals surface area contributed by atoms with Gasteiger partial charge in [0.1, 0.15) is 12.6 Å². The fourth-order valence-electron chi connectivity index (χ4n) is 1.69. The minimum Gasteiger partial charge on any atom is -0.462 e. The highest BCUT2D eigenvalue weighted by atomic mass is 16.6. The Hall–Kier alpha value is -0.610. The first-order valence-corrected chi connectivity index (χ1v) is 5.73. The normalized spacial score (nSPS) is 25.5. The highest BCUT2D eigenvalue weighted by molar-refractivity contribution is 5.76. The SMILES string of the molecule is CCCOCCOC(=O)C1NCCC1C. The maximum Gasteiger partial charge on any atom is 0.323 e. The zero-order chi connectivity index (χ0) is 11.1. The third-order valence-electron chi connectivity index (χ3n) is 2.61. The van der Waals surface area contributed by atoms with E-state index in [-0.39, 0.29) is 12.0 Å².